The fraction of sp³-hybridized carbons (Fsp3) is 0.588. The summed E-state index contributed by atoms with van der Waals surface area (Å²) >= 11 is 6.16. The van der Waals surface area contributed by atoms with Gasteiger partial charge >= 0.3 is 0 Å². The minimum Gasteiger partial charge on any atom is -0.341 e. The van der Waals surface area contributed by atoms with Crippen LogP contribution in [0.1, 0.15) is 44.1 Å². The Kier molecular flexibility index (Phi) is 7.67. The molecule has 0 radical (unpaired) electrons. The van der Waals surface area contributed by atoms with Crippen LogP contribution in [0.2, 0.25) is 5.02 Å². The maximum atomic E-state index is 12.5. The van der Waals surface area contributed by atoms with Crippen LogP contribution in [0.25, 0.3) is 0 Å². The molecule has 0 unspecified atom stereocenters. The molecule has 0 aliphatic heterocycles. The Balaban J connectivity index is 0.00000242. The number of nitrogens with two attached hydrogens (primary N) is 1. The predicted molar refractivity (Wildman–Crippen MR) is 94.4 cm³/mol. The van der Waals surface area contributed by atoms with Crippen LogP contribution in [-0.2, 0) is 11.3 Å². The number of rotatable bonds is 5. The highest BCUT2D eigenvalue weighted by atomic mass is 35.5. The van der Waals surface area contributed by atoms with Crippen LogP contribution >= 0.6 is 24.0 Å². The smallest absolute Gasteiger partial charge is 0.223 e. The topological polar surface area (TPSA) is 46.3 Å². The number of hydrogen-bond acceptors (Lipinski definition) is 2. The zero-order chi connectivity index (χ0) is 15.3. The fourth-order valence-electron chi connectivity index (χ4n) is 3.18. The third-order valence-electron chi connectivity index (χ3n) is 4.66. The second-order valence-corrected chi connectivity index (χ2v) is 6.69. The summed E-state index contributed by atoms with van der Waals surface area (Å²) in [5, 5.41) is 0.711. The van der Waals surface area contributed by atoms with Crippen molar-refractivity contribution in [2.24, 2.45) is 11.1 Å². The highest BCUT2D eigenvalue weighted by molar-refractivity contribution is 6.31. The van der Waals surface area contributed by atoms with Crippen LogP contribution < -0.4 is 5.73 Å². The lowest BCUT2D eigenvalue weighted by molar-refractivity contribution is -0.133. The average Bonchev–Trinajstić information content (AvgIpc) is 2.50. The van der Waals surface area contributed by atoms with Crippen LogP contribution in [0.4, 0.5) is 0 Å². The summed E-state index contributed by atoms with van der Waals surface area (Å²) in [6.07, 6.45) is 6.37. The van der Waals surface area contributed by atoms with Crippen LogP contribution in [0.3, 0.4) is 0 Å². The van der Waals surface area contributed by atoms with Gasteiger partial charge in [-0.1, -0.05) is 49.1 Å². The lowest BCUT2D eigenvalue weighted by Gasteiger charge is -2.36. The van der Waals surface area contributed by atoms with Gasteiger partial charge in [0.2, 0.25) is 5.91 Å². The molecular formula is C17H26Cl2N2O. The van der Waals surface area contributed by atoms with Gasteiger partial charge < -0.3 is 10.6 Å². The summed E-state index contributed by atoms with van der Waals surface area (Å²) in [5.41, 5.74) is 6.98. The van der Waals surface area contributed by atoms with Crippen molar-refractivity contribution in [2.75, 3.05) is 13.6 Å². The van der Waals surface area contributed by atoms with Crippen molar-refractivity contribution >= 4 is 29.9 Å². The minimum atomic E-state index is 0. The Bertz CT molecular complexity index is 487. The van der Waals surface area contributed by atoms with Crippen molar-refractivity contribution < 1.29 is 4.79 Å². The van der Waals surface area contributed by atoms with E-state index in [1.807, 2.05) is 31.3 Å². The summed E-state index contributed by atoms with van der Waals surface area (Å²) in [6.45, 7) is 1.16. The summed E-state index contributed by atoms with van der Waals surface area (Å²) < 4.78 is 0. The molecule has 0 bridgehead atoms. The lowest BCUT2D eigenvalue weighted by Crippen LogP contribution is -2.39. The molecule has 1 aliphatic rings. The van der Waals surface area contributed by atoms with Crippen molar-refractivity contribution in [1.82, 2.24) is 4.90 Å². The summed E-state index contributed by atoms with van der Waals surface area (Å²) in [7, 11) is 1.85. The van der Waals surface area contributed by atoms with Gasteiger partial charge in [-0.25, -0.2) is 0 Å². The Morgan fingerprint density at radius 3 is 2.50 bits per heavy atom. The van der Waals surface area contributed by atoms with Crippen molar-refractivity contribution in [2.45, 2.75) is 45.1 Å². The molecule has 22 heavy (non-hydrogen) atoms. The number of nitrogens with zero attached hydrogens (tertiary/aromatic N) is 1. The van der Waals surface area contributed by atoms with Gasteiger partial charge in [0.1, 0.15) is 0 Å². The molecule has 1 aromatic carbocycles. The average molecular weight is 345 g/mol. The summed E-state index contributed by atoms with van der Waals surface area (Å²) in [6, 6.07) is 7.67. The molecule has 124 valence electrons. The molecule has 3 nitrogen and oxygen atoms in total. The van der Waals surface area contributed by atoms with Crippen LogP contribution in [0, 0.1) is 5.41 Å². The predicted octanol–water partition coefficient (Wildman–Crippen LogP) is 4.02. The normalized spacial score (nSPS) is 16.7. The standard InChI is InChI=1S/C17H25ClN2O.ClH/c1-20(12-14-7-3-4-8-15(14)18)16(21)11-17(13-19)9-5-2-6-10-17;/h3-4,7-8H,2,5-6,9-13,19H2,1H3;1H. The number of hydrogen-bond donors (Lipinski definition) is 1. The Hall–Kier alpha value is -0.770. The second kappa shape index (κ2) is 8.76. The zero-order valence-electron chi connectivity index (χ0n) is 13.2. The Morgan fingerprint density at radius 1 is 1.27 bits per heavy atom. The van der Waals surface area contributed by atoms with Crippen LogP contribution in [0.5, 0.6) is 0 Å². The van der Waals surface area contributed by atoms with E-state index in [-0.39, 0.29) is 23.7 Å². The molecule has 1 aromatic rings. The molecule has 2 rings (SSSR count). The fourth-order valence-corrected chi connectivity index (χ4v) is 3.38. The highest BCUT2D eigenvalue weighted by Crippen LogP contribution is 2.38. The number of amides is 1. The van der Waals surface area contributed by atoms with Gasteiger partial charge in [-0.15, -0.1) is 12.4 Å². The molecule has 0 saturated heterocycles. The minimum absolute atomic E-state index is 0. The molecule has 1 fully saturated rings. The summed E-state index contributed by atoms with van der Waals surface area (Å²) in [5.74, 6) is 0.169. The van der Waals surface area contributed by atoms with Gasteiger partial charge in [-0.3, -0.25) is 4.79 Å². The molecule has 1 saturated carbocycles. The van der Waals surface area contributed by atoms with E-state index in [1.54, 1.807) is 4.90 Å². The van der Waals surface area contributed by atoms with Crippen molar-refractivity contribution in [3.05, 3.63) is 34.9 Å². The molecule has 1 aliphatic carbocycles. The highest BCUT2D eigenvalue weighted by Gasteiger charge is 2.33. The molecule has 0 aromatic heterocycles. The lowest BCUT2D eigenvalue weighted by atomic mass is 9.71. The van der Waals surface area contributed by atoms with Gasteiger partial charge in [-0.2, -0.15) is 0 Å². The van der Waals surface area contributed by atoms with Gasteiger partial charge in [0, 0.05) is 25.0 Å². The Labute approximate surface area is 144 Å². The van der Waals surface area contributed by atoms with E-state index in [0.717, 1.165) is 18.4 Å². The third-order valence-corrected chi connectivity index (χ3v) is 5.03. The number of carbonyl (C=O) groups excluding carboxylic acids is 1. The second-order valence-electron chi connectivity index (χ2n) is 6.28. The van der Waals surface area contributed by atoms with Gasteiger partial charge in [0.05, 0.1) is 0 Å². The maximum absolute atomic E-state index is 12.5. The van der Waals surface area contributed by atoms with Gasteiger partial charge in [-0.05, 0) is 36.4 Å². The van der Waals surface area contributed by atoms with E-state index < -0.39 is 0 Å². The van der Waals surface area contributed by atoms with E-state index >= 15 is 0 Å². The molecule has 1 amide bonds. The zero-order valence-corrected chi connectivity index (χ0v) is 14.8. The van der Waals surface area contributed by atoms with Crippen LogP contribution in [0.15, 0.2) is 24.3 Å². The SMILES string of the molecule is CN(Cc1ccccc1Cl)C(=O)CC1(CN)CCCCC1.Cl. The first kappa shape index (κ1) is 19.3. The van der Waals surface area contributed by atoms with E-state index in [4.69, 9.17) is 17.3 Å². The van der Waals surface area contributed by atoms with E-state index in [2.05, 4.69) is 0 Å². The first-order valence-electron chi connectivity index (χ1n) is 7.74. The van der Waals surface area contributed by atoms with E-state index in [0.29, 0.717) is 24.5 Å². The van der Waals surface area contributed by atoms with Crippen molar-refractivity contribution in [3.63, 3.8) is 0 Å². The van der Waals surface area contributed by atoms with E-state index in [1.165, 1.54) is 19.3 Å². The first-order chi connectivity index (χ1) is 10.1. The summed E-state index contributed by atoms with van der Waals surface area (Å²) in [4.78, 5) is 14.3. The monoisotopic (exact) mass is 344 g/mol. The molecule has 0 spiro atoms. The largest absolute Gasteiger partial charge is 0.341 e. The van der Waals surface area contributed by atoms with Gasteiger partial charge in [0.25, 0.3) is 0 Å². The number of carbonyl (C=O) groups is 1. The van der Waals surface area contributed by atoms with Crippen molar-refractivity contribution in [3.8, 4) is 0 Å². The molecule has 2 N–H and O–H groups in total. The number of halogens is 2. The third kappa shape index (κ3) is 4.87. The molecule has 0 heterocycles. The van der Waals surface area contributed by atoms with Gasteiger partial charge in [0.15, 0.2) is 0 Å². The Morgan fingerprint density at radius 2 is 1.91 bits per heavy atom. The van der Waals surface area contributed by atoms with Crippen molar-refractivity contribution in [1.29, 1.82) is 0 Å². The van der Waals surface area contributed by atoms with Crippen LogP contribution in [-0.4, -0.2) is 24.4 Å². The molecule has 0 atom stereocenters. The first-order valence-corrected chi connectivity index (χ1v) is 8.12. The number of benzene rings is 1. The molecule has 5 heteroatoms. The quantitative estimate of drug-likeness (QED) is 0.876. The molecular weight excluding hydrogens is 319 g/mol. The maximum Gasteiger partial charge on any atom is 0.223 e. The van der Waals surface area contributed by atoms with E-state index in [9.17, 15) is 4.79 Å².